The third-order valence-electron chi connectivity index (χ3n) is 2.38. The van der Waals surface area contributed by atoms with Crippen molar-refractivity contribution in [3.8, 4) is 5.82 Å². The van der Waals surface area contributed by atoms with Crippen molar-refractivity contribution in [1.82, 2.24) is 9.55 Å². The summed E-state index contributed by atoms with van der Waals surface area (Å²) in [6, 6.07) is 6.28. The first-order chi connectivity index (χ1) is 8.69. The lowest BCUT2D eigenvalue weighted by Gasteiger charge is -2.09. The van der Waals surface area contributed by atoms with Crippen LogP contribution in [0.4, 0.5) is 0 Å². The number of carbonyl (C=O) groups excluding carboxylic acids is 2. The molecule has 0 aliphatic rings. The van der Waals surface area contributed by atoms with Gasteiger partial charge in [-0.15, -0.1) is 0 Å². The van der Waals surface area contributed by atoms with E-state index in [4.69, 9.17) is 11.6 Å². The number of rotatable bonds is 3. The van der Waals surface area contributed by atoms with Gasteiger partial charge in [-0.3, -0.25) is 9.36 Å². The first-order valence-electron chi connectivity index (χ1n) is 5.05. The second-order valence-corrected chi connectivity index (χ2v) is 3.80. The fourth-order valence-electron chi connectivity index (χ4n) is 1.59. The largest absolute Gasteiger partial charge is 0.464 e. The van der Waals surface area contributed by atoms with E-state index in [0.29, 0.717) is 17.1 Å². The minimum absolute atomic E-state index is 0.195. The van der Waals surface area contributed by atoms with Gasteiger partial charge in [0.25, 0.3) is 0 Å². The highest BCUT2D eigenvalue weighted by atomic mass is 35.5. The monoisotopic (exact) mass is 264 g/mol. The van der Waals surface area contributed by atoms with Crippen LogP contribution in [0.15, 0.2) is 30.5 Å². The van der Waals surface area contributed by atoms with Crippen LogP contribution in [0, 0.1) is 0 Å². The van der Waals surface area contributed by atoms with Gasteiger partial charge in [0, 0.05) is 6.20 Å². The van der Waals surface area contributed by atoms with Crippen LogP contribution < -0.4 is 0 Å². The molecule has 2 aromatic heterocycles. The Morgan fingerprint density at radius 2 is 2.22 bits per heavy atom. The highest BCUT2D eigenvalue weighted by Crippen LogP contribution is 2.22. The molecule has 0 saturated heterocycles. The summed E-state index contributed by atoms with van der Waals surface area (Å²) in [5, 5.41) is 0.335. The van der Waals surface area contributed by atoms with Crippen LogP contribution in [0.25, 0.3) is 5.82 Å². The number of hydrogen-bond donors (Lipinski definition) is 0. The van der Waals surface area contributed by atoms with Gasteiger partial charge in [-0.1, -0.05) is 11.6 Å². The summed E-state index contributed by atoms with van der Waals surface area (Å²) in [6.45, 7) is 0. The van der Waals surface area contributed by atoms with Gasteiger partial charge >= 0.3 is 5.97 Å². The fraction of sp³-hybridized carbons (Fsp3) is 0.0833. The Labute approximate surface area is 108 Å². The van der Waals surface area contributed by atoms with E-state index < -0.39 is 5.97 Å². The van der Waals surface area contributed by atoms with Crippen molar-refractivity contribution in [2.75, 3.05) is 7.11 Å². The zero-order valence-corrected chi connectivity index (χ0v) is 10.2. The molecule has 92 valence electrons. The second-order valence-electron chi connectivity index (χ2n) is 3.40. The van der Waals surface area contributed by atoms with Crippen LogP contribution >= 0.6 is 11.6 Å². The van der Waals surface area contributed by atoms with Gasteiger partial charge in [0.1, 0.15) is 5.69 Å². The summed E-state index contributed by atoms with van der Waals surface area (Å²) in [4.78, 5) is 26.7. The van der Waals surface area contributed by atoms with Gasteiger partial charge in [0.2, 0.25) is 0 Å². The summed E-state index contributed by atoms with van der Waals surface area (Å²) >= 11 is 6.01. The maximum Gasteiger partial charge on any atom is 0.355 e. The minimum atomic E-state index is -0.565. The number of halogens is 1. The van der Waals surface area contributed by atoms with Gasteiger partial charge in [-0.2, -0.15) is 0 Å². The third-order valence-corrected chi connectivity index (χ3v) is 2.67. The lowest BCUT2D eigenvalue weighted by Crippen LogP contribution is -2.12. The number of aldehydes is 1. The molecule has 0 aromatic carbocycles. The van der Waals surface area contributed by atoms with Crippen molar-refractivity contribution in [2.45, 2.75) is 0 Å². The molecule has 0 radical (unpaired) electrons. The molecule has 0 aliphatic carbocycles. The molecule has 5 nitrogen and oxygen atoms in total. The van der Waals surface area contributed by atoms with Gasteiger partial charge in [0.05, 0.1) is 17.8 Å². The Morgan fingerprint density at radius 3 is 2.83 bits per heavy atom. The van der Waals surface area contributed by atoms with Crippen molar-refractivity contribution < 1.29 is 14.3 Å². The van der Waals surface area contributed by atoms with Gasteiger partial charge in [-0.05, 0) is 24.3 Å². The number of esters is 1. The maximum atomic E-state index is 11.6. The smallest absolute Gasteiger partial charge is 0.355 e. The highest BCUT2D eigenvalue weighted by molar-refractivity contribution is 6.32. The highest BCUT2D eigenvalue weighted by Gasteiger charge is 2.18. The first-order valence-corrected chi connectivity index (χ1v) is 5.43. The molecular weight excluding hydrogens is 256 g/mol. The topological polar surface area (TPSA) is 61.2 Å². The van der Waals surface area contributed by atoms with Crippen LogP contribution in [-0.2, 0) is 4.74 Å². The second kappa shape index (κ2) is 5.01. The van der Waals surface area contributed by atoms with E-state index in [1.807, 2.05) is 0 Å². The Morgan fingerprint density at radius 1 is 1.44 bits per heavy atom. The molecule has 0 atom stereocenters. The number of aromatic nitrogens is 2. The molecule has 0 fully saturated rings. The van der Waals surface area contributed by atoms with E-state index >= 15 is 0 Å². The predicted molar refractivity (Wildman–Crippen MR) is 65.3 cm³/mol. The quantitative estimate of drug-likeness (QED) is 0.629. The third kappa shape index (κ3) is 2.00. The molecule has 0 N–H and O–H groups in total. The first kappa shape index (κ1) is 12.3. The summed E-state index contributed by atoms with van der Waals surface area (Å²) in [5.74, 6) is -0.253. The fourth-order valence-corrected chi connectivity index (χ4v) is 1.79. The summed E-state index contributed by atoms with van der Waals surface area (Å²) < 4.78 is 6.01. The van der Waals surface area contributed by atoms with Gasteiger partial charge in [-0.25, -0.2) is 9.78 Å². The van der Waals surface area contributed by atoms with Crippen LogP contribution in [0.2, 0.25) is 5.02 Å². The molecular formula is C12H9ClN2O3. The molecule has 0 aliphatic heterocycles. The van der Waals surface area contributed by atoms with Gasteiger partial charge in [0.15, 0.2) is 12.1 Å². The zero-order chi connectivity index (χ0) is 13.1. The summed E-state index contributed by atoms with van der Waals surface area (Å²) in [5.41, 5.74) is 0.469. The van der Waals surface area contributed by atoms with Crippen molar-refractivity contribution in [3.63, 3.8) is 0 Å². The van der Waals surface area contributed by atoms with Crippen LogP contribution in [0.3, 0.4) is 0 Å². The lowest BCUT2D eigenvalue weighted by atomic mass is 10.4. The molecule has 0 spiro atoms. The Balaban J connectivity index is 2.69. The molecule has 18 heavy (non-hydrogen) atoms. The average molecular weight is 265 g/mol. The Kier molecular flexibility index (Phi) is 3.43. The van der Waals surface area contributed by atoms with E-state index in [0.717, 1.165) is 0 Å². The molecule has 0 bridgehead atoms. The SMILES string of the molecule is COC(=O)c1ccc(C=O)n1-c1ncccc1Cl. The number of methoxy groups -OCH3 is 1. The Hall–Kier alpha value is -2.14. The van der Waals surface area contributed by atoms with Gasteiger partial charge < -0.3 is 4.74 Å². The summed E-state index contributed by atoms with van der Waals surface area (Å²) in [6.07, 6.45) is 2.15. The minimum Gasteiger partial charge on any atom is -0.464 e. The van der Waals surface area contributed by atoms with Crippen molar-refractivity contribution in [3.05, 3.63) is 46.9 Å². The molecule has 0 unspecified atom stereocenters. The van der Waals surface area contributed by atoms with E-state index in [-0.39, 0.29) is 11.4 Å². The van der Waals surface area contributed by atoms with Crippen molar-refractivity contribution in [1.29, 1.82) is 0 Å². The van der Waals surface area contributed by atoms with E-state index in [1.54, 1.807) is 12.1 Å². The predicted octanol–water partition coefficient (Wildman–Crippen LogP) is 2.12. The van der Waals surface area contributed by atoms with Crippen molar-refractivity contribution in [2.24, 2.45) is 0 Å². The summed E-state index contributed by atoms with van der Waals surface area (Å²) in [7, 11) is 1.26. The number of pyridine rings is 1. The normalized spacial score (nSPS) is 10.1. The average Bonchev–Trinajstić information content (AvgIpc) is 2.82. The lowest BCUT2D eigenvalue weighted by molar-refractivity contribution is 0.0591. The molecule has 2 heterocycles. The van der Waals surface area contributed by atoms with Crippen LogP contribution in [0.1, 0.15) is 21.0 Å². The van der Waals surface area contributed by atoms with E-state index in [9.17, 15) is 9.59 Å². The van der Waals surface area contributed by atoms with Crippen LogP contribution in [-0.4, -0.2) is 28.9 Å². The number of hydrogen-bond acceptors (Lipinski definition) is 4. The molecule has 0 saturated carbocycles. The molecule has 2 rings (SSSR count). The standard InChI is InChI=1S/C12H9ClN2O3/c1-18-12(17)10-5-4-8(7-16)15(10)11-9(13)3-2-6-14-11/h2-7H,1H3. The Bertz CT molecular complexity index is 607. The molecule has 2 aromatic rings. The number of ether oxygens (including phenoxy) is 1. The molecule has 6 heteroatoms. The number of nitrogens with zero attached hydrogens (tertiary/aromatic N) is 2. The zero-order valence-electron chi connectivity index (χ0n) is 9.46. The van der Waals surface area contributed by atoms with E-state index in [1.165, 1.54) is 30.0 Å². The number of carbonyl (C=O) groups is 2. The maximum absolute atomic E-state index is 11.6. The van der Waals surface area contributed by atoms with Crippen molar-refractivity contribution >= 4 is 23.9 Å². The van der Waals surface area contributed by atoms with E-state index in [2.05, 4.69) is 9.72 Å². The molecule has 0 amide bonds. The van der Waals surface area contributed by atoms with Crippen LogP contribution in [0.5, 0.6) is 0 Å².